The first kappa shape index (κ1) is 12.8. The molecular formula is C15H13BrO2. The Bertz CT molecular complexity index is 591. The summed E-state index contributed by atoms with van der Waals surface area (Å²) in [5.74, 6) is 0.567. The maximum Gasteiger partial charge on any atom is 0.197 e. The molecule has 0 saturated carbocycles. The molecule has 0 spiro atoms. The van der Waals surface area contributed by atoms with Crippen molar-refractivity contribution in [2.45, 2.75) is 6.92 Å². The van der Waals surface area contributed by atoms with Crippen molar-refractivity contribution < 1.29 is 9.53 Å². The molecule has 2 aromatic carbocycles. The lowest BCUT2D eigenvalue weighted by Crippen LogP contribution is -2.05. The molecule has 0 radical (unpaired) electrons. The molecule has 0 N–H and O–H groups in total. The summed E-state index contributed by atoms with van der Waals surface area (Å²) in [4.78, 5) is 12.5. The van der Waals surface area contributed by atoms with E-state index in [0.717, 1.165) is 10.0 Å². The molecule has 3 heteroatoms. The van der Waals surface area contributed by atoms with Gasteiger partial charge in [0.15, 0.2) is 5.78 Å². The molecule has 0 unspecified atom stereocenters. The monoisotopic (exact) mass is 304 g/mol. The van der Waals surface area contributed by atoms with Crippen molar-refractivity contribution in [2.24, 2.45) is 0 Å². The molecule has 0 saturated heterocycles. The van der Waals surface area contributed by atoms with Crippen molar-refractivity contribution >= 4 is 21.7 Å². The number of rotatable bonds is 3. The van der Waals surface area contributed by atoms with Gasteiger partial charge in [-0.3, -0.25) is 4.79 Å². The van der Waals surface area contributed by atoms with E-state index in [1.165, 1.54) is 0 Å². The predicted molar refractivity (Wildman–Crippen MR) is 75.3 cm³/mol. The first-order chi connectivity index (χ1) is 8.63. The van der Waals surface area contributed by atoms with Gasteiger partial charge in [0.2, 0.25) is 0 Å². The molecule has 0 aliphatic carbocycles. The lowest BCUT2D eigenvalue weighted by atomic mass is 9.98. The van der Waals surface area contributed by atoms with Crippen LogP contribution in [0.4, 0.5) is 0 Å². The van der Waals surface area contributed by atoms with E-state index in [9.17, 15) is 4.79 Å². The Morgan fingerprint density at radius 3 is 2.50 bits per heavy atom. The minimum atomic E-state index is -0.0220. The first-order valence-corrected chi connectivity index (χ1v) is 6.36. The van der Waals surface area contributed by atoms with Gasteiger partial charge in [-0.05, 0) is 30.7 Å². The van der Waals surface area contributed by atoms with Gasteiger partial charge in [0.05, 0.1) is 12.7 Å². The van der Waals surface area contributed by atoms with Gasteiger partial charge in [-0.25, -0.2) is 0 Å². The average Bonchev–Trinajstić information content (AvgIpc) is 2.38. The van der Waals surface area contributed by atoms with E-state index in [4.69, 9.17) is 4.74 Å². The van der Waals surface area contributed by atoms with Gasteiger partial charge in [-0.15, -0.1) is 0 Å². The van der Waals surface area contributed by atoms with Crippen molar-refractivity contribution in [1.29, 1.82) is 0 Å². The Hall–Kier alpha value is -1.61. The number of benzene rings is 2. The highest BCUT2D eigenvalue weighted by molar-refractivity contribution is 9.10. The van der Waals surface area contributed by atoms with E-state index < -0.39 is 0 Å². The smallest absolute Gasteiger partial charge is 0.197 e. The number of methoxy groups -OCH3 is 1. The normalized spacial score (nSPS) is 10.2. The first-order valence-electron chi connectivity index (χ1n) is 5.57. The van der Waals surface area contributed by atoms with Crippen LogP contribution in [0.3, 0.4) is 0 Å². The second-order valence-electron chi connectivity index (χ2n) is 3.99. The van der Waals surface area contributed by atoms with Crippen LogP contribution >= 0.6 is 15.9 Å². The standard InChI is InChI=1S/C15H13BrO2/c1-10-5-3-4-6-12(10)15(17)13-9-11(16)7-8-14(13)18-2/h3-9H,1-2H3. The summed E-state index contributed by atoms with van der Waals surface area (Å²) in [5, 5.41) is 0. The van der Waals surface area contributed by atoms with Crippen LogP contribution < -0.4 is 4.74 Å². The van der Waals surface area contributed by atoms with E-state index >= 15 is 0 Å². The lowest BCUT2D eigenvalue weighted by Gasteiger charge is -2.09. The van der Waals surface area contributed by atoms with Crippen molar-refractivity contribution in [3.63, 3.8) is 0 Å². The van der Waals surface area contributed by atoms with Crippen LogP contribution in [-0.4, -0.2) is 12.9 Å². The molecule has 2 aromatic rings. The largest absolute Gasteiger partial charge is 0.496 e. The highest BCUT2D eigenvalue weighted by Gasteiger charge is 2.16. The third-order valence-electron chi connectivity index (χ3n) is 2.80. The van der Waals surface area contributed by atoms with Crippen LogP contribution in [0.15, 0.2) is 46.9 Å². The third kappa shape index (κ3) is 2.46. The molecule has 92 valence electrons. The average molecular weight is 305 g/mol. The predicted octanol–water partition coefficient (Wildman–Crippen LogP) is 4.00. The number of hydrogen-bond acceptors (Lipinski definition) is 2. The number of carbonyl (C=O) groups is 1. The minimum absolute atomic E-state index is 0.0220. The van der Waals surface area contributed by atoms with Crippen molar-refractivity contribution in [2.75, 3.05) is 7.11 Å². The van der Waals surface area contributed by atoms with Crippen LogP contribution in [0, 0.1) is 6.92 Å². The second kappa shape index (κ2) is 5.36. The summed E-state index contributed by atoms with van der Waals surface area (Å²) in [6.45, 7) is 1.93. The van der Waals surface area contributed by atoms with E-state index in [2.05, 4.69) is 15.9 Å². The van der Waals surface area contributed by atoms with E-state index in [1.54, 1.807) is 19.2 Å². The lowest BCUT2D eigenvalue weighted by molar-refractivity contribution is 0.103. The summed E-state index contributed by atoms with van der Waals surface area (Å²) in [6, 6.07) is 13.0. The molecule has 0 aliphatic heterocycles. The Labute approximate surface area is 115 Å². The number of hydrogen-bond donors (Lipinski definition) is 0. The summed E-state index contributed by atoms with van der Waals surface area (Å²) >= 11 is 3.38. The zero-order chi connectivity index (χ0) is 13.1. The van der Waals surface area contributed by atoms with Crippen LogP contribution in [-0.2, 0) is 0 Å². The van der Waals surface area contributed by atoms with Gasteiger partial charge in [0, 0.05) is 10.0 Å². The van der Waals surface area contributed by atoms with E-state index in [1.807, 2.05) is 37.3 Å². The molecule has 18 heavy (non-hydrogen) atoms. The zero-order valence-corrected chi connectivity index (χ0v) is 11.8. The zero-order valence-electron chi connectivity index (χ0n) is 10.2. The fourth-order valence-electron chi connectivity index (χ4n) is 1.83. The maximum atomic E-state index is 12.5. The molecule has 0 fully saturated rings. The van der Waals surface area contributed by atoms with E-state index in [-0.39, 0.29) is 5.78 Å². The van der Waals surface area contributed by atoms with Gasteiger partial charge >= 0.3 is 0 Å². The van der Waals surface area contributed by atoms with Crippen LogP contribution in [0.25, 0.3) is 0 Å². The molecule has 0 amide bonds. The molecule has 0 bridgehead atoms. The third-order valence-corrected chi connectivity index (χ3v) is 3.29. The van der Waals surface area contributed by atoms with Crippen molar-refractivity contribution in [3.8, 4) is 5.75 Å². The fourth-order valence-corrected chi connectivity index (χ4v) is 2.19. The fraction of sp³-hybridized carbons (Fsp3) is 0.133. The summed E-state index contributed by atoms with van der Waals surface area (Å²) < 4.78 is 6.10. The number of halogens is 1. The Morgan fingerprint density at radius 1 is 1.11 bits per heavy atom. The van der Waals surface area contributed by atoms with Gasteiger partial charge in [-0.1, -0.05) is 40.2 Å². The summed E-state index contributed by atoms with van der Waals surface area (Å²) in [5.41, 5.74) is 2.24. The topological polar surface area (TPSA) is 26.3 Å². The number of ketones is 1. The quantitative estimate of drug-likeness (QED) is 0.801. The number of aryl methyl sites for hydroxylation is 1. The van der Waals surface area contributed by atoms with Gasteiger partial charge in [0.1, 0.15) is 5.75 Å². The van der Waals surface area contributed by atoms with Gasteiger partial charge < -0.3 is 4.74 Å². The summed E-state index contributed by atoms with van der Waals surface area (Å²) in [6.07, 6.45) is 0. The van der Waals surface area contributed by atoms with Crippen molar-refractivity contribution in [3.05, 3.63) is 63.6 Å². The highest BCUT2D eigenvalue weighted by atomic mass is 79.9. The molecule has 0 aliphatic rings. The number of ether oxygens (including phenoxy) is 1. The van der Waals surface area contributed by atoms with Crippen LogP contribution in [0.1, 0.15) is 21.5 Å². The number of carbonyl (C=O) groups excluding carboxylic acids is 1. The van der Waals surface area contributed by atoms with Crippen molar-refractivity contribution in [1.82, 2.24) is 0 Å². The van der Waals surface area contributed by atoms with Crippen LogP contribution in [0.5, 0.6) is 5.75 Å². The Kier molecular flexibility index (Phi) is 3.82. The second-order valence-corrected chi connectivity index (χ2v) is 4.90. The van der Waals surface area contributed by atoms with Gasteiger partial charge in [-0.2, -0.15) is 0 Å². The molecular weight excluding hydrogens is 292 g/mol. The maximum absolute atomic E-state index is 12.5. The molecule has 0 heterocycles. The highest BCUT2D eigenvalue weighted by Crippen LogP contribution is 2.26. The SMILES string of the molecule is COc1ccc(Br)cc1C(=O)c1ccccc1C. The Morgan fingerprint density at radius 2 is 1.83 bits per heavy atom. The molecule has 0 atom stereocenters. The van der Waals surface area contributed by atoms with Gasteiger partial charge in [0.25, 0.3) is 0 Å². The van der Waals surface area contributed by atoms with E-state index in [0.29, 0.717) is 16.9 Å². The Balaban J connectivity index is 2.52. The van der Waals surface area contributed by atoms with Crippen LogP contribution in [0.2, 0.25) is 0 Å². The minimum Gasteiger partial charge on any atom is -0.496 e. The summed E-state index contributed by atoms with van der Waals surface area (Å²) in [7, 11) is 1.57. The molecule has 2 nitrogen and oxygen atoms in total. The molecule has 0 aromatic heterocycles. The molecule has 2 rings (SSSR count).